The van der Waals surface area contributed by atoms with E-state index in [4.69, 9.17) is 0 Å². The van der Waals surface area contributed by atoms with Crippen molar-refractivity contribution in [1.82, 2.24) is 0 Å². The Labute approximate surface area is 158 Å². The van der Waals surface area contributed by atoms with Crippen molar-refractivity contribution in [3.05, 3.63) is 23.8 Å². The first-order valence-electron chi connectivity index (χ1n) is 10.2. The van der Waals surface area contributed by atoms with E-state index in [1.54, 1.807) is 0 Å². The summed E-state index contributed by atoms with van der Waals surface area (Å²) in [5.41, 5.74) is 3.02. The fourth-order valence-electron chi connectivity index (χ4n) is 3.62. The molecule has 0 saturated heterocycles. The number of fused-ring (bicyclic) bond motifs is 1. The Morgan fingerprint density at radius 2 is 1.81 bits per heavy atom. The molecule has 4 heteroatoms. The van der Waals surface area contributed by atoms with Crippen LogP contribution in [0.4, 0.5) is 11.4 Å². The van der Waals surface area contributed by atoms with Crippen LogP contribution in [0.2, 0.25) is 0 Å². The standard InChI is InChI=1S/C22H34N2O2/c1-5-7-17(8-6-2)22(26)23-19-10-11-20-18(15-19)9-12-21(25)24(20)14-13-16(3)4/h10-11,15-17H,5-9,12-14H2,1-4H3,(H,23,26). The van der Waals surface area contributed by atoms with E-state index in [0.29, 0.717) is 12.3 Å². The summed E-state index contributed by atoms with van der Waals surface area (Å²) in [6.07, 6.45) is 6.22. The number of hydrogen-bond acceptors (Lipinski definition) is 2. The fraction of sp³-hybridized carbons (Fsp3) is 0.636. The van der Waals surface area contributed by atoms with Gasteiger partial charge in [0, 0.05) is 30.3 Å². The monoisotopic (exact) mass is 358 g/mol. The van der Waals surface area contributed by atoms with Gasteiger partial charge in [0.05, 0.1) is 0 Å². The first kappa shape index (κ1) is 20.5. The molecule has 0 spiro atoms. The number of rotatable bonds is 9. The van der Waals surface area contributed by atoms with E-state index in [9.17, 15) is 9.59 Å². The molecule has 1 aliphatic rings. The van der Waals surface area contributed by atoms with Crippen molar-refractivity contribution in [2.75, 3.05) is 16.8 Å². The second-order valence-electron chi connectivity index (χ2n) is 7.83. The molecule has 144 valence electrons. The maximum absolute atomic E-state index is 12.6. The minimum Gasteiger partial charge on any atom is -0.326 e. The molecule has 2 rings (SSSR count). The SMILES string of the molecule is CCCC(CCC)C(=O)Nc1ccc2c(c1)CCC(=O)N2CCC(C)C. The summed E-state index contributed by atoms with van der Waals surface area (Å²) >= 11 is 0. The van der Waals surface area contributed by atoms with Crippen LogP contribution in [0.15, 0.2) is 18.2 Å². The number of aryl methyl sites for hydroxylation is 1. The van der Waals surface area contributed by atoms with Crippen molar-refractivity contribution in [3.63, 3.8) is 0 Å². The molecule has 0 radical (unpaired) electrons. The summed E-state index contributed by atoms with van der Waals surface area (Å²) in [7, 11) is 0. The number of hydrogen-bond donors (Lipinski definition) is 1. The van der Waals surface area contributed by atoms with E-state index in [2.05, 4.69) is 39.1 Å². The van der Waals surface area contributed by atoms with E-state index in [-0.39, 0.29) is 17.7 Å². The minimum atomic E-state index is 0.0881. The van der Waals surface area contributed by atoms with Crippen molar-refractivity contribution in [2.24, 2.45) is 11.8 Å². The van der Waals surface area contributed by atoms with E-state index in [1.807, 2.05) is 17.0 Å². The lowest BCUT2D eigenvalue weighted by Gasteiger charge is -2.30. The molecule has 0 fully saturated rings. The smallest absolute Gasteiger partial charge is 0.227 e. The molecule has 0 bridgehead atoms. The third kappa shape index (κ3) is 5.33. The normalized spacial score (nSPS) is 14.1. The Bertz CT molecular complexity index is 619. The molecule has 1 N–H and O–H groups in total. The van der Waals surface area contributed by atoms with Gasteiger partial charge < -0.3 is 10.2 Å². The predicted octanol–water partition coefficient (Wildman–Crippen LogP) is 5.17. The zero-order valence-corrected chi connectivity index (χ0v) is 16.8. The van der Waals surface area contributed by atoms with Gasteiger partial charge in [-0.3, -0.25) is 9.59 Å². The second kappa shape index (κ2) is 9.75. The molecule has 26 heavy (non-hydrogen) atoms. The fourth-order valence-corrected chi connectivity index (χ4v) is 3.62. The summed E-state index contributed by atoms with van der Waals surface area (Å²) in [6.45, 7) is 9.37. The van der Waals surface area contributed by atoms with Crippen LogP contribution in [-0.4, -0.2) is 18.4 Å². The van der Waals surface area contributed by atoms with Gasteiger partial charge in [0.25, 0.3) is 0 Å². The maximum atomic E-state index is 12.6. The third-order valence-electron chi connectivity index (χ3n) is 5.12. The highest BCUT2D eigenvalue weighted by Crippen LogP contribution is 2.31. The number of nitrogens with one attached hydrogen (secondary N) is 1. The van der Waals surface area contributed by atoms with Gasteiger partial charge in [-0.1, -0.05) is 40.5 Å². The predicted molar refractivity (Wildman–Crippen MR) is 109 cm³/mol. The van der Waals surface area contributed by atoms with Crippen LogP contribution in [0.1, 0.15) is 71.8 Å². The van der Waals surface area contributed by atoms with Gasteiger partial charge in [-0.05, 0) is 55.4 Å². The molecule has 0 saturated carbocycles. The van der Waals surface area contributed by atoms with E-state index in [0.717, 1.165) is 62.0 Å². The zero-order valence-electron chi connectivity index (χ0n) is 16.8. The first-order valence-corrected chi connectivity index (χ1v) is 10.2. The van der Waals surface area contributed by atoms with Gasteiger partial charge in [0.15, 0.2) is 0 Å². The average Bonchev–Trinajstić information content (AvgIpc) is 2.60. The van der Waals surface area contributed by atoms with Gasteiger partial charge >= 0.3 is 0 Å². The van der Waals surface area contributed by atoms with E-state index in [1.165, 1.54) is 0 Å². The number of benzene rings is 1. The van der Waals surface area contributed by atoms with Gasteiger partial charge in [-0.15, -0.1) is 0 Å². The topological polar surface area (TPSA) is 49.4 Å². The van der Waals surface area contributed by atoms with E-state index >= 15 is 0 Å². The zero-order chi connectivity index (χ0) is 19.1. The first-order chi connectivity index (χ1) is 12.5. The Kier molecular flexibility index (Phi) is 7.67. The number of carbonyl (C=O) groups is 2. The van der Waals surface area contributed by atoms with Gasteiger partial charge in [0.2, 0.25) is 11.8 Å². The van der Waals surface area contributed by atoms with Crippen LogP contribution >= 0.6 is 0 Å². The van der Waals surface area contributed by atoms with Crippen molar-refractivity contribution in [2.45, 2.75) is 72.6 Å². The van der Waals surface area contributed by atoms with Crippen molar-refractivity contribution in [3.8, 4) is 0 Å². The summed E-state index contributed by atoms with van der Waals surface area (Å²) < 4.78 is 0. The highest BCUT2D eigenvalue weighted by Gasteiger charge is 2.25. The number of nitrogens with zero attached hydrogens (tertiary/aromatic N) is 1. The molecule has 0 atom stereocenters. The summed E-state index contributed by atoms with van der Waals surface area (Å²) in [5.74, 6) is 0.990. The second-order valence-corrected chi connectivity index (χ2v) is 7.83. The van der Waals surface area contributed by atoms with Crippen LogP contribution in [-0.2, 0) is 16.0 Å². The molecule has 1 aromatic rings. The van der Waals surface area contributed by atoms with E-state index < -0.39 is 0 Å². The number of amides is 2. The van der Waals surface area contributed by atoms with Crippen molar-refractivity contribution in [1.29, 1.82) is 0 Å². The lowest BCUT2D eigenvalue weighted by Crippen LogP contribution is -2.36. The van der Waals surface area contributed by atoms with Crippen molar-refractivity contribution >= 4 is 23.2 Å². The van der Waals surface area contributed by atoms with Gasteiger partial charge in [0.1, 0.15) is 0 Å². The Morgan fingerprint density at radius 1 is 1.12 bits per heavy atom. The van der Waals surface area contributed by atoms with Crippen LogP contribution in [0.25, 0.3) is 0 Å². The quantitative estimate of drug-likeness (QED) is 0.662. The highest BCUT2D eigenvalue weighted by atomic mass is 16.2. The maximum Gasteiger partial charge on any atom is 0.227 e. The molecular weight excluding hydrogens is 324 g/mol. The number of carbonyl (C=O) groups excluding carboxylic acids is 2. The minimum absolute atomic E-state index is 0.0881. The molecule has 4 nitrogen and oxygen atoms in total. The summed E-state index contributed by atoms with van der Waals surface area (Å²) in [4.78, 5) is 26.8. The lowest BCUT2D eigenvalue weighted by atomic mass is 9.96. The summed E-state index contributed by atoms with van der Waals surface area (Å²) in [5, 5.41) is 3.10. The molecule has 1 aromatic carbocycles. The largest absolute Gasteiger partial charge is 0.326 e. The Morgan fingerprint density at radius 3 is 2.42 bits per heavy atom. The van der Waals surface area contributed by atoms with Crippen LogP contribution < -0.4 is 10.2 Å². The molecule has 0 aliphatic carbocycles. The van der Waals surface area contributed by atoms with Crippen LogP contribution in [0.3, 0.4) is 0 Å². The molecular formula is C22H34N2O2. The highest BCUT2D eigenvalue weighted by molar-refractivity contribution is 5.98. The average molecular weight is 359 g/mol. The third-order valence-corrected chi connectivity index (χ3v) is 5.12. The number of anilines is 2. The van der Waals surface area contributed by atoms with Crippen LogP contribution in [0.5, 0.6) is 0 Å². The van der Waals surface area contributed by atoms with Crippen molar-refractivity contribution < 1.29 is 9.59 Å². The van der Waals surface area contributed by atoms with Crippen LogP contribution in [0, 0.1) is 11.8 Å². The summed E-state index contributed by atoms with van der Waals surface area (Å²) in [6, 6.07) is 5.99. The Hall–Kier alpha value is -1.84. The Balaban J connectivity index is 2.12. The molecule has 1 heterocycles. The molecule has 0 unspecified atom stereocenters. The lowest BCUT2D eigenvalue weighted by molar-refractivity contribution is -0.120. The van der Waals surface area contributed by atoms with Gasteiger partial charge in [-0.2, -0.15) is 0 Å². The molecule has 1 aliphatic heterocycles. The molecule has 2 amide bonds. The molecule has 0 aromatic heterocycles. The van der Waals surface area contributed by atoms with Gasteiger partial charge in [-0.25, -0.2) is 0 Å².